The number of hydrogen-bond donors (Lipinski definition) is 2. The lowest BCUT2D eigenvalue weighted by molar-refractivity contribution is -0.132. The lowest BCUT2D eigenvalue weighted by Gasteiger charge is -2.15. The molecule has 6 heteroatoms. The van der Waals surface area contributed by atoms with Crippen molar-refractivity contribution in [2.75, 3.05) is 6.61 Å². The van der Waals surface area contributed by atoms with Crippen LogP contribution < -0.4 is 16.0 Å². The summed E-state index contributed by atoms with van der Waals surface area (Å²) >= 11 is 3.41. The van der Waals surface area contributed by atoms with Crippen LogP contribution in [0.2, 0.25) is 0 Å². The number of carbonyl (C=O) groups excluding carboxylic acids is 1. The second-order valence-electron chi connectivity index (χ2n) is 4.55. The van der Waals surface area contributed by atoms with Gasteiger partial charge in [0.05, 0.1) is 6.10 Å². The van der Waals surface area contributed by atoms with Gasteiger partial charge in [0, 0.05) is 4.47 Å². The molecule has 0 radical (unpaired) electrons. The number of nitrogens with one attached hydrogen (secondary N) is 1. The number of amides is 1. The van der Waals surface area contributed by atoms with Gasteiger partial charge in [-0.2, -0.15) is 0 Å². The minimum absolute atomic E-state index is 0.0688. The molecule has 2 atom stereocenters. The summed E-state index contributed by atoms with van der Waals surface area (Å²) < 4.78 is 12.3. The number of aryl methyl sites for hydroxylation is 1. The molecule has 3 N–H and O–H groups in total. The first-order valence-electron chi connectivity index (χ1n) is 6.15. The fraction of sp³-hybridized carbons (Fsp3) is 0.462. The van der Waals surface area contributed by atoms with Crippen LogP contribution in [-0.2, 0) is 9.53 Å². The third-order valence-corrected chi connectivity index (χ3v) is 3.61. The normalized spacial score (nSPS) is 22.3. The van der Waals surface area contributed by atoms with Gasteiger partial charge in [-0.25, -0.2) is 5.84 Å². The number of benzene rings is 1. The van der Waals surface area contributed by atoms with Crippen LogP contribution in [0.3, 0.4) is 0 Å². The lowest BCUT2D eigenvalue weighted by atomic mass is 10.2. The zero-order chi connectivity index (χ0) is 13.8. The molecule has 2 unspecified atom stereocenters. The Morgan fingerprint density at radius 2 is 2.37 bits per heavy atom. The molecule has 1 aromatic rings. The van der Waals surface area contributed by atoms with E-state index in [1.165, 1.54) is 0 Å². The molecule has 1 saturated heterocycles. The van der Waals surface area contributed by atoms with E-state index in [0.717, 1.165) is 22.2 Å². The Labute approximate surface area is 120 Å². The quantitative estimate of drug-likeness (QED) is 0.501. The molecule has 1 aromatic carbocycles. The molecule has 1 fully saturated rings. The Kier molecular flexibility index (Phi) is 4.79. The van der Waals surface area contributed by atoms with Gasteiger partial charge in [0.2, 0.25) is 0 Å². The standard InChI is InChI=1S/C13H17BrN2O3/c1-8-2-3-9(14)6-12(8)18-7-10-4-5-11(19-10)13(17)16-15/h2-3,6,10-11H,4-5,7,15H2,1H3,(H,16,17). The van der Waals surface area contributed by atoms with Gasteiger partial charge < -0.3 is 9.47 Å². The number of nitrogens with two attached hydrogens (primary N) is 1. The highest BCUT2D eigenvalue weighted by molar-refractivity contribution is 9.10. The number of rotatable bonds is 4. The highest BCUT2D eigenvalue weighted by atomic mass is 79.9. The van der Waals surface area contributed by atoms with Crippen molar-refractivity contribution in [1.29, 1.82) is 0 Å². The maximum atomic E-state index is 11.3. The molecular weight excluding hydrogens is 312 g/mol. The van der Waals surface area contributed by atoms with E-state index in [9.17, 15) is 4.79 Å². The molecule has 1 amide bonds. The maximum Gasteiger partial charge on any atom is 0.263 e. The summed E-state index contributed by atoms with van der Waals surface area (Å²) in [5.74, 6) is 5.63. The van der Waals surface area contributed by atoms with E-state index in [2.05, 4.69) is 21.4 Å². The number of hydrazine groups is 1. The predicted octanol–water partition coefficient (Wildman–Crippen LogP) is 1.67. The predicted molar refractivity (Wildman–Crippen MR) is 74.6 cm³/mol. The van der Waals surface area contributed by atoms with Crippen LogP contribution in [0.15, 0.2) is 22.7 Å². The van der Waals surface area contributed by atoms with Crippen LogP contribution in [0.5, 0.6) is 5.75 Å². The van der Waals surface area contributed by atoms with Crippen molar-refractivity contribution in [2.24, 2.45) is 5.84 Å². The van der Waals surface area contributed by atoms with Crippen molar-refractivity contribution < 1.29 is 14.3 Å². The lowest BCUT2D eigenvalue weighted by Crippen LogP contribution is -2.39. The van der Waals surface area contributed by atoms with Gasteiger partial charge in [-0.1, -0.05) is 22.0 Å². The summed E-state index contributed by atoms with van der Waals surface area (Å²) in [5.41, 5.74) is 3.17. The van der Waals surface area contributed by atoms with E-state index < -0.39 is 6.10 Å². The molecule has 5 nitrogen and oxygen atoms in total. The van der Waals surface area contributed by atoms with Crippen molar-refractivity contribution in [3.63, 3.8) is 0 Å². The molecule has 19 heavy (non-hydrogen) atoms. The second kappa shape index (κ2) is 6.36. The molecule has 1 heterocycles. The third kappa shape index (κ3) is 3.68. The van der Waals surface area contributed by atoms with Gasteiger partial charge in [0.15, 0.2) is 0 Å². The topological polar surface area (TPSA) is 73.6 Å². The molecule has 104 valence electrons. The maximum absolute atomic E-state index is 11.3. The van der Waals surface area contributed by atoms with E-state index in [-0.39, 0.29) is 12.0 Å². The van der Waals surface area contributed by atoms with E-state index in [1.54, 1.807) is 0 Å². The Morgan fingerprint density at radius 3 is 3.11 bits per heavy atom. The first-order valence-corrected chi connectivity index (χ1v) is 6.94. The van der Waals surface area contributed by atoms with Crippen LogP contribution in [0, 0.1) is 6.92 Å². The Bertz CT molecular complexity index is 467. The average Bonchev–Trinajstić information content (AvgIpc) is 2.88. The Hall–Kier alpha value is -1.11. The van der Waals surface area contributed by atoms with Crippen LogP contribution in [-0.4, -0.2) is 24.7 Å². The van der Waals surface area contributed by atoms with E-state index in [1.807, 2.05) is 25.1 Å². The average molecular weight is 329 g/mol. The molecule has 0 aliphatic carbocycles. The molecule has 1 aliphatic heterocycles. The van der Waals surface area contributed by atoms with Crippen LogP contribution in [0.4, 0.5) is 0 Å². The summed E-state index contributed by atoms with van der Waals surface area (Å²) in [6.07, 6.45) is 0.947. The minimum Gasteiger partial charge on any atom is -0.491 e. The summed E-state index contributed by atoms with van der Waals surface area (Å²) in [7, 11) is 0. The highest BCUT2D eigenvalue weighted by Gasteiger charge is 2.30. The summed E-state index contributed by atoms with van der Waals surface area (Å²) in [5, 5.41) is 0. The summed E-state index contributed by atoms with van der Waals surface area (Å²) in [4.78, 5) is 11.3. The van der Waals surface area contributed by atoms with E-state index in [0.29, 0.717) is 13.0 Å². The van der Waals surface area contributed by atoms with Crippen molar-refractivity contribution >= 4 is 21.8 Å². The van der Waals surface area contributed by atoms with Crippen LogP contribution in [0.1, 0.15) is 18.4 Å². The number of halogens is 1. The largest absolute Gasteiger partial charge is 0.491 e. The highest BCUT2D eigenvalue weighted by Crippen LogP contribution is 2.25. The fourth-order valence-electron chi connectivity index (χ4n) is 2.03. The molecule has 0 bridgehead atoms. The first-order chi connectivity index (χ1) is 9.10. The SMILES string of the molecule is Cc1ccc(Br)cc1OCC1CCC(C(=O)NN)O1. The van der Waals surface area contributed by atoms with Crippen LogP contribution >= 0.6 is 15.9 Å². The van der Waals surface area contributed by atoms with Crippen molar-refractivity contribution in [3.05, 3.63) is 28.2 Å². The zero-order valence-electron chi connectivity index (χ0n) is 10.7. The fourth-order valence-corrected chi connectivity index (χ4v) is 2.37. The van der Waals surface area contributed by atoms with Gasteiger partial charge in [-0.3, -0.25) is 10.2 Å². The zero-order valence-corrected chi connectivity index (χ0v) is 12.3. The molecule has 1 aliphatic rings. The molecule has 0 aromatic heterocycles. The molecular formula is C13H17BrN2O3. The molecule has 0 saturated carbocycles. The minimum atomic E-state index is -0.456. The van der Waals surface area contributed by atoms with Gasteiger partial charge in [0.25, 0.3) is 5.91 Å². The monoisotopic (exact) mass is 328 g/mol. The van der Waals surface area contributed by atoms with Gasteiger partial charge in [-0.05, 0) is 37.5 Å². The van der Waals surface area contributed by atoms with E-state index in [4.69, 9.17) is 15.3 Å². The van der Waals surface area contributed by atoms with Crippen LogP contribution in [0.25, 0.3) is 0 Å². The van der Waals surface area contributed by atoms with Crippen molar-refractivity contribution in [3.8, 4) is 5.75 Å². The van der Waals surface area contributed by atoms with Crippen molar-refractivity contribution in [1.82, 2.24) is 5.43 Å². The first kappa shape index (κ1) is 14.3. The Morgan fingerprint density at radius 1 is 1.58 bits per heavy atom. The molecule has 0 spiro atoms. The molecule has 2 rings (SSSR count). The smallest absolute Gasteiger partial charge is 0.263 e. The van der Waals surface area contributed by atoms with Gasteiger partial charge >= 0.3 is 0 Å². The van der Waals surface area contributed by atoms with Crippen molar-refractivity contribution in [2.45, 2.75) is 32.0 Å². The summed E-state index contributed by atoms with van der Waals surface area (Å²) in [6, 6.07) is 5.88. The second-order valence-corrected chi connectivity index (χ2v) is 5.47. The van der Waals surface area contributed by atoms with E-state index >= 15 is 0 Å². The van der Waals surface area contributed by atoms with Gasteiger partial charge in [0.1, 0.15) is 18.5 Å². The number of hydrogen-bond acceptors (Lipinski definition) is 4. The van der Waals surface area contributed by atoms with Gasteiger partial charge in [-0.15, -0.1) is 0 Å². The summed E-state index contributed by atoms with van der Waals surface area (Å²) in [6.45, 7) is 2.42. The number of ether oxygens (including phenoxy) is 2. The third-order valence-electron chi connectivity index (χ3n) is 3.12. The Balaban J connectivity index is 1.87. The number of carbonyl (C=O) groups is 1.